The molecular formula is C19H23N3O. The number of nitrogens with zero attached hydrogens (tertiary/aromatic N) is 2. The first-order chi connectivity index (χ1) is 10.9. The number of carbonyl (C=O) groups excluding carboxylic acids is 1. The fourth-order valence-corrected chi connectivity index (χ4v) is 1.94. The van der Waals surface area contributed by atoms with Gasteiger partial charge in [0.25, 0.3) is 0 Å². The van der Waals surface area contributed by atoms with Crippen molar-refractivity contribution in [3.63, 3.8) is 0 Å². The second-order valence-corrected chi connectivity index (χ2v) is 5.26. The fraction of sp³-hybridized carbons (Fsp3) is 0.211. The summed E-state index contributed by atoms with van der Waals surface area (Å²) in [5.74, 6) is -0.252. The van der Waals surface area contributed by atoms with Crippen LogP contribution in [0, 0.1) is 0 Å². The summed E-state index contributed by atoms with van der Waals surface area (Å²) >= 11 is 0. The molecule has 1 amide bonds. The minimum absolute atomic E-state index is 0.252. The van der Waals surface area contributed by atoms with Crippen molar-refractivity contribution in [2.24, 2.45) is 9.98 Å². The molecule has 0 fully saturated rings. The molecule has 0 unspecified atom stereocenters. The lowest BCUT2D eigenvalue weighted by Crippen LogP contribution is -2.07. The zero-order chi connectivity index (χ0) is 17.4. The fourth-order valence-electron chi connectivity index (χ4n) is 1.94. The van der Waals surface area contributed by atoms with E-state index >= 15 is 0 Å². The van der Waals surface area contributed by atoms with E-state index < -0.39 is 0 Å². The molecular weight excluding hydrogens is 286 g/mol. The summed E-state index contributed by atoms with van der Waals surface area (Å²) in [5.41, 5.74) is 4.99. The Balaban J connectivity index is 3.50. The average molecular weight is 309 g/mol. The van der Waals surface area contributed by atoms with Crippen LogP contribution in [0.5, 0.6) is 0 Å². The van der Waals surface area contributed by atoms with E-state index in [-0.39, 0.29) is 5.91 Å². The molecule has 0 heterocycles. The number of rotatable bonds is 6. The van der Waals surface area contributed by atoms with Gasteiger partial charge in [-0.25, -0.2) is 0 Å². The summed E-state index contributed by atoms with van der Waals surface area (Å²) in [7, 11) is 1.71. The molecule has 0 saturated carbocycles. The third kappa shape index (κ3) is 5.51. The highest BCUT2D eigenvalue weighted by Gasteiger charge is 2.10. The van der Waals surface area contributed by atoms with E-state index in [1.807, 2.05) is 45.0 Å². The van der Waals surface area contributed by atoms with Gasteiger partial charge in [-0.2, -0.15) is 0 Å². The second-order valence-electron chi connectivity index (χ2n) is 5.26. The molecule has 0 bridgehead atoms. The molecule has 1 N–H and O–H groups in total. The molecule has 0 aliphatic carbocycles. The standard InChI is InChI=1S/C19H23N3O/c1-7-18(23)22-16-10-8-9-15(11-16)19(21-14(4)5)17(12-20-6)13(2)3/h7-12H,1-2H2,3-6H3,(H,22,23)/b19-17-,20-12?. The monoisotopic (exact) mass is 309 g/mol. The van der Waals surface area contributed by atoms with Crippen molar-refractivity contribution in [3.8, 4) is 0 Å². The number of hydrogen-bond acceptors (Lipinski definition) is 3. The second kappa shape index (κ2) is 8.63. The van der Waals surface area contributed by atoms with Crippen molar-refractivity contribution >= 4 is 29.2 Å². The molecule has 0 aromatic heterocycles. The van der Waals surface area contributed by atoms with Crippen molar-refractivity contribution in [2.45, 2.75) is 20.8 Å². The molecule has 0 aliphatic rings. The van der Waals surface area contributed by atoms with E-state index in [1.165, 1.54) is 6.08 Å². The quantitative estimate of drug-likeness (QED) is 0.476. The summed E-state index contributed by atoms with van der Waals surface area (Å²) in [6.45, 7) is 13.3. The van der Waals surface area contributed by atoms with Gasteiger partial charge in [-0.05, 0) is 44.6 Å². The van der Waals surface area contributed by atoms with Crippen LogP contribution < -0.4 is 5.32 Å². The Labute approximate surface area is 138 Å². The van der Waals surface area contributed by atoms with Crippen LogP contribution in [0.1, 0.15) is 26.3 Å². The molecule has 1 rings (SSSR count). The lowest BCUT2D eigenvalue weighted by atomic mass is 10.0. The van der Waals surface area contributed by atoms with Gasteiger partial charge >= 0.3 is 0 Å². The maximum absolute atomic E-state index is 11.5. The largest absolute Gasteiger partial charge is 0.323 e. The van der Waals surface area contributed by atoms with Gasteiger partial charge in [-0.15, -0.1) is 0 Å². The topological polar surface area (TPSA) is 53.8 Å². The Kier molecular flexibility index (Phi) is 6.87. The van der Waals surface area contributed by atoms with Crippen LogP contribution in [0.25, 0.3) is 5.70 Å². The third-order valence-electron chi connectivity index (χ3n) is 2.90. The predicted molar refractivity (Wildman–Crippen MR) is 100 cm³/mol. The number of aliphatic imine (C=N–C) groups is 2. The van der Waals surface area contributed by atoms with Crippen LogP contribution >= 0.6 is 0 Å². The SMILES string of the molecule is C=CC(=O)Nc1cccc(/C(N=C(C)C)=C(\C=NC)C(=C)C)c1. The Morgan fingerprint density at radius 2 is 1.96 bits per heavy atom. The zero-order valence-electron chi connectivity index (χ0n) is 14.2. The van der Waals surface area contributed by atoms with Gasteiger partial charge in [0.1, 0.15) is 0 Å². The molecule has 120 valence electrons. The Bertz CT molecular complexity index is 705. The number of hydrogen-bond donors (Lipinski definition) is 1. The summed E-state index contributed by atoms with van der Waals surface area (Å²) < 4.78 is 0. The molecule has 1 aromatic carbocycles. The highest BCUT2D eigenvalue weighted by Crippen LogP contribution is 2.26. The molecule has 4 heteroatoms. The Hall–Kier alpha value is -2.75. The molecule has 4 nitrogen and oxygen atoms in total. The van der Waals surface area contributed by atoms with Crippen LogP contribution in [0.15, 0.2) is 64.6 Å². The summed E-state index contributed by atoms with van der Waals surface area (Å²) in [4.78, 5) is 20.2. The van der Waals surface area contributed by atoms with Gasteiger partial charge < -0.3 is 5.32 Å². The van der Waals surface area contributed by atoms with E-state index in [0.29, 0.717) is 5.69 Å². The van der Waals surface area contributed by atoms with Crippen molar-refractivity contribution in [3.05, 3.63) is 60.2 Å². The first kappa shape index (κ1) is 18.3. The average Bonchev–Trinajstić information content (AvgIpc) is 2.50. The molecule has 0 atom stereocenters. The van der Waals surface area contributed by atoms with Crippen molar-refractivity contribution in [1.29, 1.82) is 0 Å². The normalized spacial score (nSPS) is 11.7. The van der Waals surface area contributed by atoms with E-state index in [0.717, 1.165) is 28.1 Å². The highest BCUT2D eigenvalue weighted by atomic mass is 16.1. The maximum atomic E-state index is 11.5. The maximum Gasteiger partial charge on any atom is 0.247 e. The van der Waals surface area contributed by atoms with Gasteiger partial charge in [0, 0.05) is 35.8 Å². The van der Waals surface area contributed by atoms with Gasteiger partial charge in [-0.1, -0.05) is 25.3 Å². The molecule has 1 aromatic rings. The summed E-state index contributed by atoms with van der Waals surface area (Å²) in [6, 6.07) is 7.50. The number of benzene rings is 1. The molecule has 0 radical (unpaired) electrons. The molecule has 0 spiro atoms. The minimum atomic E-state index is -0.252. The zero-order valence-corrected chi connectivity index (χ0v) is 14.2. The first-order valence-corrected chi connectivity index (χ1v) is 7.27. The van der Waals surface area contributed by atoms with Gasteiger partial charge in [0.15, 0.2) is 0 Å². The molecule has 0 aliphatic heterocycles. The first-order valence-electron chi connectivity index (χ1n) is 7.27. The van der Waals surface area contributed by atoms with Crippen molar-refractivity contribution < 1.29 is 4.79 Å². The lowest BCUT2D eigenvalue weighted by molar-refractivity contribution is -0.111. The Morgan fingerprint density at radius 3 is 2.48 bits per heavy atom. The van der Waals surface area contributed by atoms with Crippen LogP contribution in [0.4, 0.5) is 5.69 Å². The smallest absolute Gasteiger partial charge is 0.247 e. The summed E-state index contributed by atoms with van der Waals surface area (Å²) in [5, 5.41) is 2.76. The van der Waals surface area contributed by atoms with Crippen LogP contribution in [-0.2, 0) is 4.79 Å². The lowest BCUT2D eigenvalue weighted by Gasteiger charge is -2.11. The molecule has 23 heavy (non-hydrogen) atoms. The summed E-state index contributed by atoms with van der Waals surface area (Å²) in [6.07, 6.45) is 2.99. The van der Waals surface area contributed by atoms with Gasteiger partial charge in [0.2, 0.25) is 5.91 Å². The van der Waals surface area contributed by atoms with E-state index in [2.05, 4.69) is 28.5 Å². The number of anilines is 1. The van der Waals surface area contributed by atoms with Gasteiger partial charge in [-0.3, -0.25) is 14.8 Å². The van der Waals surface area contributed by atoms with E-state index in [1.54, 1.807) is 13.3 Å². The van der Waals surface area contributed by atoms with Crippen LogP contribution in [0.3, 0.4) is 0 Å². The number of nitrogens with one attached hydrogen (secondary N) is 1. The van der Waals surface area contributed by atoms with Crippen molar-refractivity contribution in [2.75, 3.05) is 12.4 Å². The Morgan fingerprint density at radius 1 is 1.26 bits per heavy atom. The number of allylic oxidation sites excluding steroid dienone is 2. The predicted octanol–water partition coefficient (Wildman–Crippen LogP) is 4.28. The third-order valence-corrected chi connectivity index (χ3v) is 2.90. The highest BCUT2D eigenvalue weighted by molar-refractivity contribution is 6.01. The van der Waals surface area contributed by atoms with E-state index in [9.17, 15) is 4.79 Å². The molecule has 0 saturated heterocycles. The van der Waals surface area contributed by atoms with Gasteiger partial charge in [0.05, 0.1) is 5.70 Å². The van der Waals surface area contributed by atoms with Crippen LogP contribution in [-0.4, -0.2) is 24.9 Å². The van der Waals surface area contributed by atoms with E-state index in [4.69, 9.17) is 0 Å². The number of carbonyl (C=O) groups is 1. The number of amides is 1. The minimum Gasteiger partial charge on any atom is -0.323 e. The van der Waals surface area contributed by atoms with Crippen LogP contribution in [0.2, 0.25) is 0 Å². The van der Waals surface area contributed by atoms with Crippen molar-refractivity contribution in [1.82, 2.24) is 0 Å².